The summed E-state index contributed by atoms with van der Waals surface area (Å²) in [5.41, 5.74) is 2.49. The molecular formula is C22H30O2S. The first-order valence-electron chi connectivity index (χ1n) is 8.95. The maximum atomic E-state index is 10.3. The monoisotopic (exact) mass is 358 g/mol. The third-order valence-electron chi connectivity index (χ3n) is 5.47. The van der Waals surface area contributed by atoms with Crippen molar-refractivity contribution in [1.29, 1.82) is 0 Å². The lowest BCUT2D eigenvalue weighted by atomic mass is 9.82. The second kappa shape index (κ2) is 7.33. The third-order valence-corrected chi connectivity index (χ3v) is 6.56. The molecule has 0 unspecified atom stereocenters. The molecule has 2 nitrogen and oxygen atoms in total. The summed E-state index contributed by atoms with van der Waals surface area (Å²) in [4.78, 5) is 1.56. The molecule has 0 saturated heterocycles. The van der Waals surface area contributed by atoms with Crippen LogP contribution in [-0.2, 0) is 10.8 Å². The first kappa shape index (κ1) is 19.7. The minimum atomic E-state index is 0.0527. The molecule has 0 fully saturated rings. The standard InChI is InChI=1S/C22H30O2S/c1-7-21(3,4)15-9-11-17(23)19(13-15)25-20-14-16(10-12-18(20)24)22(5,6)8-2/h9-14,23-24H,7-8H2,1-6H3. The van der Waals surface area contributed by atoms with Gasteiger partial charge in [-0.3, -0.25) is 0 Å². The van der Waals surface area contributed by atoms with Gasteiger partial charge in [0.05, 0.1) is 9.79 Å². The van der Waals surface area contributed by atoms with Crippen molar-refractivity contribution in [3.05, 3.63) is 47.5 Å². The fraction of sp³-hybridized carbons (Fsp3) is 0.455. The van der Waals surface area contributed by atoms with E-state index in [4.69, 9.17) is 0 Å². The van der Waals surface area contributed by atoms with Crippen LogP contribution in [0, 0.1) is 0 Å². The molecule has 0 heterocycles. The van der Waals surface area contributed by atoms with E-state index in [0.29, 0.717) is 0 Å². The van der Waals surface area contributed by atoms with Gasteiger partial charge in [-0.25, -0.2) is 0 Å². The van der Waals surface area contributed by atoms with Crippen molar-refractivity contribution < 1.29 is 10.2 Å². The van der Waals surface area contributed by atoms with E-state index in [2.05, 4.69) is 41.5 Å². The molecule has 2 N–H and O–H groups in total. The molecule has 0 amide bonds. The molecule has 2 aromatic carbocycles. The zero-order valence-corrected chi connectivity index (χ0v) is 17.0. The predicted molar refractivity (Wildman–Crippen MR) is 107 cm³/mol. The van der Waals surface area contributed by atoms with Gasteiger partial charge < -0.3 is 10.2 Å². The molecular weight excluding hydrogens is 328 g/mol. The summed E-state index contributed by atoms with van der Waals surface area (Å²) < 4.78 is 0. The van der Waals surface area contributed by atoms with Crippen molar-refractivity contribution in [3.8, 4) is 11.5 Å². The van der Waals surface area contributed by atoms with E-state index in [1.165, 1.54) is 22.9 Å². The summed E-state index contributed by atoms with van der Waals surface area (Å²) in [5.74, 6) is 0.500. The van der Waals surface area contributed by atoms with Crippen LogP contribution in [-0.4, -0.2) is 10.2 Å². The van der Waals surface area contributed by atoms with Crippen LogP contribution in [0.3, 0.4) is 0 Å². The summed E-state index contributed by atoms with van der Waals surface area (Å²) >= 11 is 1.42. The van der Waals surface area contributed by atoms with E-state index in [0.717, 1.165) is 22.6 Å². The Hall–Kier alpha value is -1.61. The molecule has 0 aliphatic carbocycles. The maximum absolute atomic E-state index is 10.3. The smallest absolute Gasteiger partial charge is 0.129 e. The number of phenolic OH excluding ortho intramolecular Hbond substituents is 2. The summed E-state index contributed by atoms with van der Waals surface area (Å²) in [6.45, 7) is 13.2. The van der Waals surface area contributed by atoms with Gasteiger partial charge in [0.15, 0.2) is 0 Å². The Labute approximate surface area is 156 Å². The Bertz CT molecular complexity index is 684. The zero-order chi connectivity index (χ0) is 18.8. The van der Waals surface area contributed by atoms with Crippen molar-refractivity contribution in [2.75, 3.05) is 0 Å². The first-order chi connectivity index (χ1) is 11.6. The highest BCUT2D eigenvalue weighted by Gasteiger charge is 2.22. The van der Waals surface area contributed by atoms with Gasteiger partial charge in [0.1, 0.15) is 11.5 Å². The fourth-order valence-corrected chi connectivity index (χ4v) is 3.51. The highest BCUT2D eigenvalue weighted by Crippen LogP contribution is 2.43. The van der Waals surface area contributed by atoms with Crippen LogP contribution >= 0.6 is 11.8 Å². The van der Waals surface area contributed by atoms with Gasteiger partial charge in [-0.05, 0) is 59.1 Å². The van der Waals surface area contributed by atoms with Crippen molar-refractivity contribution in [1.82, 2.24) is 0 Å². The highest BCUT2D eigenvalue weighted by atomic mass is 32.2. The van der Waals surface area contributed by atoms with Gasteiger partial charge in [0.25, 0.3) is 0 Å². The van der Waals surface area contributed by atoms with Crippen molar-refractivity contribution >= 4 is 11.8 Å². The first-order valence-corrected chi connectivity index (χ1v) is 9.77. The third kappa shape index (κ3) is 4.33. The van der Waals surface area contributed by atoms with Gasteiger partial charge >= 0.3 is 0 Å². The Balaban J connectivity index is 2.43. The van der Waals surface area contributed by atoms with Crippen LogP contribution in [0.1, 0.15) is 65.5 Å². The van der Waals surface area contributed by atoms with Crippen LogP contribution in [0.5, 0.6) is 11.5 Å². The van der Waals surface area contributed by atoms with Crippen LogP contribution < -0.4 is 0 Å². The molecule has 0 radical (unpaired) electrons. The molecule has 0 aliphatic heterocycles. The molecule has 0 spiro atoms. The second-order valence-corrected chi connectivity index (χ2v) is 9.03. The number of benzene rings is 2. The van der Waals surface area contributed by atoms with Crippen molar-refractivity contribution in [2.45, 2.75) is 75.0 Å². The lowest BCUT2D eigenvalue weighted by Crippen LogP contribution is -2.15. The van der Waals surface area contributed by atoms with Gasteiger partial charge in [0.2, 0.25) is 0 Å². The number of phenols is 2. The quantitative estimate of drug-likeness (QED) is 0.609. The Morgan fingerprint density at radius 2 is 1.08 bits per heavy atom. The van der Waals surface area contributed by atoms with Gasteiger partial charge in [-0.1, -0.05) is 65.4 Å². The summed E-state index contributed by atoms with van der Waals surface area (Å²) in [7, 11) is 0. The Morgan fingerprint density at radius 3 is 1.40 bits per heavy atom. The summed E-state index contributed by atoms with van der Waals surface area (Å²) in [5, 5.41) is 20.6. The molecule has 2 rings (SSSR count). The normalized spacial score (nSPS) is 12.4. The molecule has 3 heteroatoms. The lowest BCUT2D eigenvalue weighted by Gasteiger charge is -2.25. The Kier molecular flexibility index (Phi) is 5.78. The number of hydrogen-bond donors (Lipinski definition) is 2. The molecule has 0 atom stereocenters. The highest BCUT2D eigenvalue weighted by molar-refractivity contribution is 7.99. The van der Waals surface area contributed by atoms with Gasteiger partial charge in [-0.2, -0.15) is 0 Å². The van der Waals surface area contributed by atoms with E-state index in [1.54, 1.807) is 12.1 Å². The number of aromatic hydroxyl groups is 2. The summed E-state index contributed by atoms with van der Waals surface area (Å²) in [6.07, 6.45) is 2.04. The average molecular weight is 359 g/mol. The molecule has 0 aromatic heterocycles. The topological polar surface area (TPSA) is 40.5 Å². The number of rotatable bonds is 6. The van der Waals surface area contributed by atoms with E-state index < -0.39 is 0 Å². The fourth-order valence-electron chi connectivity index (χ4n) is 2.56. The minimum absolute atomic E-state index is 0.0527. The molecule has 136 valence electrons. The summed E-state index contributed by atoms with van der Waals surface area (Å²) in [6, 6.07) is 11.6. The Morgan fingerprint density at radius 1 is 0.720 bits per heavy atom. The zero-order valence-electron chi connectivity index (χ0n) is 16.2. The van der Waals surface area contributed by atoms with E-state index in [1.807, 2.05) is 24.3 Å². The van der Waals surface area contributed by atoms with Crippen LogP contribution in [0.4, 0.5) is 0 Å². The molecule has 25 heavy (non-hydrogen) atoms. The van der Waals surface area contributed by atoms with Crippen LogP contribution in [0.15, 0.2) is 46.2 Å². The molecule has 0 saturated carbocycles. The van der Waals surface area contributed by atoms with Gasteiger partial charge in [-0.15, -0.1) is 0 Å². The molecule has 0 bridgehead atoms. The second-order valence-electron chi connectivity index (χ2n) is 7.94. The van der Waals surface area contributed by atoms with E-state index in [-0.39, 0.29) is 22.3 Å². The molecule has 2 aromatic rings. The average Bonchev–Trinajstić information content (AvgIpc) is 2.58. The molecule has 0 aliphatic rings. The van der Waals surface area contributed by atoms with Crippen LogP contribution in [0.2, 0.25) is 0 Å². The maximum Gasteiger partial charge on any atom is 0.129 e. The van der Waals surface area contributed by atoms with Crippen molar-refractivity contribution in [3.63, 3.8) is 0 Å². The lowest BCUT2D eigenvalue weighted by molar-refractivity contribution is 0.455. The minimum Gasteiger partial charge on any atom is -0.507 e. The predicted octanol–water partition coefficient (Wildman–Crippen LogP) is 6.62. The van der Waals surface area contributed by atoms with Crippen molar-refractivity contribution in [2.24, 2.45) is 0 Å². The van der Waals surface area contributed by atoms with E-state index in [9.17, 15) is 10.2 Å². The van der Waals surface area contributed by atoms with Gasteiger partial charge in [0, 0.05) is 0 Å². The SMILES string of the molecule is CCC(C)(C)c1ccc(O)c(Sc2cc(C(C)(C)CC)ccc2O)c1. The largest absolute Gasteiger partial charge is 0.507 e. The van der Waals surface area contributed by atoms with E-state index >= 15 is 0 Å². The van der Waals surface area contributed by atoms with Crippen LogP contribution in [0.25, 0.3) is 0 Å². The number of hydrogen-bond acceptors (Lipinski definition) is 3.